The Balaban J connectivity index is 3.48. The Morgan fingerprint density at radius 1 is 1.71 bits per heavy atom. The minimum absolute atomic E-state index is 0.0776. The van der Waals surface area contributed by atoms with E-state index in [0.717, 1.165) is 13.2 Å². The van der Waals surface area contributed by atoms with Crippen molar-refractivity contribution in [3.05, 3.63) is 28.6 Å². The maximum absolute atomic E-state index is 12.5. The lowest BCUT2D eigenvalue weighted by atomic mass is 10.1. The summed E-state index contributed by atoms with van der Waals surface area (Å²) < 4.78 is 29.4. The highest BCUT2D eigenvalue weighted by molar-refractivity contribution is 5.93. The molecular formula is C10H9F2N3O2. The number of nitrogens with zero attached hydrogens (tertiary/aromatic N) is 2. The van der Waals surface area contributed by atoms with Gasteiger partial charge in [-0.05, 0) is 6.07 Å². The second-order valence-corrected chi connectivity index (χ2v) is 3.02. The summed E-state index contributed by atoms with van der Waals surface area (Å²) in [5.41, 5.74) is 4.26. The average Bonchev–Trinajstić information content (AvgIpc) is 2.35. The zero-order chi connectivity index (χ0) is 13.0. The first-order valence-electron chi connectivity index (χ1n) is 4.55. The van der Waals surface area contributed by atoms with Crippen LogP contribution in [0.25, 0.3) is 0 Å². The first-order chi connectivity index (χ1) is 8.04. The molecule has 0 atom stereocenters. The van der Waals surface area contributed by atoms with Crippen LogP contribution in [0.4, 0.5) is 8.78 Å². The van der Waals surface area contributed by atoms with E-state index < -0.39 is 18.1 Å². The van der Waals surface area contributed by atoms with Gasteiger partial charge in [-0.25, -0.2) is 18.6 Å². The zero-order valence-electron chi connectivity index (χ0n) is 8.91. The van der Waals surface area contributed by atoms with Gasteiger partial charge in [-0.2, -0.15) is 5.26 Å². The molecule has 1 heterocycles. The van der Waals surface area contributed by atoms with Crippen LogP contribution in [0.15, 0.2) is 6.07 Å². The first kappa shape index (κ1) is 13.0. The van der Waals surface area contributed by atoms with Gasteiger partial charge >= 0.3 is 5.97 Å². The van der Waals surface area contributed by atoms with Crippen molar-refractivity contribution >= 4 is 5.97 Å². The topological polar surface area (TPSA) is 89.0 Å². The smallest absolute Gasteiger partial charge is 0.341 e. The number of carbonyl (C=O) groups excluding carboxylic acids is 1. The second kappa shape index (κ2) is 5.32. The maximum Gasteiger partial charge on any atom is 0.341 e. The third-order valence-corrected chi connectivity index (χ3v) is 2.04. The Hall–Kier alpha value is -2.07. The van der Waals surface area contributed by atoms with Crippen LogP contribution >= 0.6 is 0 Å². The number of nitrogens with two attached hydrogens (primary N) is 1. The van der Waals surface area contributed by atoms with Crippen LogP contribution in [-0.2, 0) is 11.3 Å². The van der Waals surface area contributed by atoms with Crippen molar-refractivity contribution in [2.45, 2.75) is 13.0 Å². The number of ether oxygens (including phenoxy) is 1. The summed E-state index contributed by atoms with van der Waals surface area (Å²) in [4.78, 5) is 14.9. The molecule has 0 fully saturated rings. The lowest BCUT2D eigenvalue weighted by molar-refractivity contribution is 0.0597. The third-order valence-electron chi connectivity index (χ3n) is 2.04. The van der Waals surface area contributed by atoms with Crippen LogP contribution in [0, 0.1) is 11.3 Å². The highest BCUT2D eigenvalue weighted by Gasteiger charge is 2.21. The van der Waals surface area contributed by atoms with Crippen molar-refractivity contribution in [2.24, 2.45) is 5.73 Å². The highest BCUT2D eigenvalue weighted by atomic mass is 19.3. The van der Waals surface area contributed by atoms with Crippen LogP contribution in [0.1, 0.15) is 33.7 Å². The summed E-state index contributed by atoms with van der Waals surface area (Å²) in [6, 6.07) is 2.51. The van der Waals surface area contributed by atoms with E-state index in [1.165, 1.54) is 0 Å². The lowest BCUT2D eigenvalue weighted by Crippen LogP contribution is -2.15. The Morgan fingerprint density at radius 2 is 2.35 bits per heavy atom. The summed E-state index contributed by atoms with van der Waals surface area (Å²) in [7, 11) is 1.12. The summed E-state index contributed by atoms with van der Waals surface area (Å²) in [5, 5.41) is 8.82. The molecule has 0 aliphatic carbocycles. The molecule has 0 unspecified atom stereocenters. The lowest BCUT2D eigenvalue weighted by Gasteiger charge is -2.09. The van der Waals surface area contributed by atoms with Crippen molar-refractivity contribution in [3.63, 3.8) is 0 Å². The first-order valence-corrected chi connectivity index (χ1v) is 4.55. The number of halogens is 2. The van der Waals surface area contributed by atoms with E-state index in [0.29, 0.717) is 0 Å². The number of carbonyl (C=O) groups is 1. The van der Waals surface area contributed by atoms with E-state index in [2.05, 4.69) is 9.72 Å². The number of alkyl halides is 2. The van der Waals surface area contributed by atoms with Gasteiger partial charge < -0.3 is 10.5 Å². The zero-order valence-corrected chi connectivity index (χ0v) is 8.91. The van der Waals surface area contributed by atoms with Gasteiger partial charge in [0.1, 0.15) is 17.3 Å². The minimum atomic E-state index is -2.83. The van der Waals surface area contributed by atoms with E-state index in [1.54, 1.807) is 6.07 Å². The quantitative estimate of drug-likeness (QED) is 0.801. The third kappa shape index (κ3) is 2.54. The Labute approximate surface area is 95.8 Å². The molecule has 0 saturated carbocycles. The van der Waals surface area contributed by atoms with Crippen molar-refractivity contribution in [1.29, 1.82) is 5.26 Å². The number of pyridine rings is 1. The van der Waals surface area contributed by atoms with E-state index in [-0.39, 0.29) is 23.4 Å². The SMILES string of the molecule is COC(=O)c1c(C#N)cc(C(F)F)nc1CN. The summed E-state index contributed by atoms with van der Waals surface area (Å²) >= 11 is 0. The Morgan fingerprint density at radius 3 is 2.76 bits per heavy atom. The molecule has 0 aromatic carbocycles. The van der Waals surface area contributed by atoms with Crippen molar-refractivity contribution in [2.75, 3.05) is 7.11 Å². The molecule has 0 amide bonds. The van der Waals surface area contributed by atoms with Gasteiger partial charge in [0.15, 0.2) is 0 Å². The van der Waals surface area contributed by atoms with Gasteiger partial charge in [-0.3, -0.25) is 0 Å². The molecule has 1 aromatic heterocycles. The Bertz CT molecular complexity index is 483. The van der Waals surface area contributed by atoms with E-state index >= 15 is 0 Å². The molecular weight excluding hydrogens is 232 g/mol. The monoisotopic (exact) mass is 241 g/mol. The normalized spacial score (nSPS) is 10.1. The van der Waals surface area contributed by atoms with Gasteiger partial charge in [0.05, 0.1) is 18.4 Å². The van der Waals surface area contributed by atoms with Gasteiger partial charge in [0, 0.05) is 6.54 Å². The predicted molar refractivity (Wildman–Crippen MR) is 53.1 cm³/mol. The molecule has 90 valence electrons. The van der Waals surface area contributed by atoms with E-state index in [1.807, 2.05) is 0 Å². The van der Waals surface area contributed by atoms with Crippen LogP contribution in [0.2, 0.25) is 0 Å². The molecule has 2 N–H and O–H groups in total. The van der Waals surface area contributed by atoms with Gasteiger partial charge in [0.25, 0.3) is 6.43 Å². The van der Waals surface area contributed by atoms with Crippen LogP contribution < -0.4 is 5.73 Å². The van der Waals surface area contributed by atoms with Crippen molar-refractivity contribution < 1.29 is 18.3 Å². The molecule has 5 nitrogen and oxygen atoms in total. The van der Waals surface area contributed by atoms with Crippen LogP contribution in [0.5, 0.6) is 0 Å². The number of hydrogen-bond acceptors (Lipinski definition) is 5. The molecule has 0 saturated heterocycles. The number of nitriles is 1. The van der Waals surface area contributed by atoms with Gasteiger partial charge in [-0.15, -0.1) is 0 Å². The largest absolute Gasteiger partial charge is 0.465 e. The van der Waals surface area contributed by atoms with E-state index in [9.17, 15) is 13.6 Å². The summed E-state index contributed by atoms with van der Waals surface area (Å²) in [6.45, 7) is -0.236. The minimum Gasteiger partial charge on any atom is -0.465 e. The van der Waals surface area contributed by atoms with Crippen molar-refractivity contribution in [3.8, 4) is 6.07 Å². The number of hydrogen-bond donors (Lipinski definition) is 1. The molecule has 7 heteroatoms. The molecule has 0 radical (unpaired) electrons. The molecule has 0 bridgehead atoms. The molecule has 17 heavy (non-hydrogen) atoms. The van der Waals surface area contributed by atoms with E-state index in [4.69, 9.17) is 11.0 Å². The summed E-state index contributed by atoms with van der Waals surface area (Å²) in [6.07, 6.45) is -2.83. The van der Waals surface area contributed by atoms with Crippen LogP contribution in [0.3, 0.4) is 0 Å². The Kier molecular flexibility index (Phi) is 4.06. The van der Waals surface area contributed by atoms with Crippen molar-refractivity contribution in [1.82, 2.24) is 4.98 Å². The summed E-state index contributed by atoms with van der Waals surface area (Å²) in [5.74, 6) is -0.824. The number of rotatable bonds is 3. The fourth-order valence-electron chi connectivity index (χ4n) is 1.30. The fourth-order valence-corrected chi connectivity index (χ4v) is 1.30. The number of esters is 1. The molecule has 1 aromatic rings. The highest BCUT2D eigenvalue weighted by Crippen LogP contribution is 2.22. The molecule has 0 aliphatic heterocycles. The van der Waals surface area contributed by atoms with Gasteiger partial charge in [-0.1, -0.05) is 0 Å². The predicted octanol–water partition coefficient (Wildman–Crippen LogP) is 1.14. The standard InChI is InChI=1S/C10H9F2N3O2/c1-17-10(16)8-5(3-13)2-6(9(11)12)15-7(8)4-14/h2,9H,4,14H2,1H3. The number of methoxy groups -OCH3 is 1. The number of aromatic nitrogens is 1. The average molecular weight is 241 g/mol. The van der Waals surface area contributed by atoms with Crippen LogP contribution in [-0.4, -0.2) is 18.1 Å². The molecule has 1 rings (SSSR count). The maximum atomic E-state index is 12.5. The van der Waals surface area contributed by atoms with Gasteiger partial charge in [0.2, 0.25) is 0 Å². The molecule has 0 aliphatic rings. The fraction of sp³-hybridized carbons (Fsp3) is 0.300. The molecule has 0 spiro atoms. The second-order valence-electron chi connectivity index (χ2n) is 3.02.